The molecule has 2 aliphatic rings. The number of benzene rings is 2. The number of carbonyl (C=O) groups excluding carboxylic acids is 1. The van der Waals surface area contributed by atoms with Crippen LogP contribution >= 0.6 is 0 Å². The van der Waals surface area contributed by atoms with E-state index >= 15 is 0 Å². The molecule has 3 heterocycles. The fourth-order valence-corrected chi connectivity index (χ4v) is 6.98. The molecule has 8 nitrogen and oxygen atoms in total. The van der Waals surface area contributed by atoms with Crippen molar-refractivity contribution >= 4 is 21.6 Å². The predicted molar refractivity (Wildman–Crippen MR) is 149 cm³/mol. The Labute approximate surface area is 234 Å². The van der Waals surface area contributed by atoms with Gasteiger partial charge in [0.1, 0.15) is 11.9 Å². The number of para-hydroxylation sites is 1. The minimum atomic E-state index is -4.20. The zero-order chi connectivity index (χ0) is 28.4. The Morgan fingerprint density at radius 3 is 2.42 bits per heavy atom. The molecule has 1 amide bonds. The van der Waals surface area contributed by atoms with Crippen LogP contribution in [0.25, 0.3) is 0 Å². The number of carbonyl (C=O) groups is 1. The summed E-state index contributed by atoms with van der Waals surface area (Å²) in [7, 11) is -2.07. The van der Waals surface area contributed by atoms with E-state index < -0.39 is 21.9 Å². The van der Waals surface area contributed by atoms with E-state index in [0.29, 0.717) is 23.7 Å². The van der Waals surface area contributed by atoms with Gasteiger partial charge in [0.25, 0.3) is 0 Å². The zero-order valence-corrected chi connectivity index (χ0v) is 23.4. The van der Waals surface area contributed by atoms with Gasteiger partial charge in [-0.05, 0) is 88.1 Å². The van der Waals surface area contributed by atoms with Crippen LogP contribution in [0.15, 0.2) is 65.7 Å². The summed E-state index contributed by atoms with van der Waals surface area (Å²) in [6.45, 7) is 3.83. The van der Waals surface area contributed by atoms with Crippen molar-refractivity contribution in [1.29, 1.82) is 5.26 Å². The molecule has 2 aliphatic heterocycles. The molecule has 10 heteroatoms. The van der Waals surface area contributed by atoms with Gasteiger partial charge in [0, 0.05) is 24.0 Å². The number of anilines is 1. The molecule has 1 atom stereocenters. The van der Waals surface area contributed by atoms with Crippen LogP contribution in [-0.4, -0.2) is 61.2 Å². The lowest BCUT2D eigenvalue weighted by molar-refractivity contribution is -0.125. The predicted octanol–water partition coefficient (Wildman–Crippen LogP) is 4.21. The number of nitriles is 1. The molecule has 0 N–H and O–H groups in total. The van der Waals surface area contributed by atoms with Gasteiger partial charge in [-0.3, -0.25) is 9.78 Å². The number of piperidine rings is 1. The van der Waals surface area contributed by atoms with E-state index in [4.69, 9.17) is 0 Å². The Morgan fingerprint density at radius 2 is 1.82 bits per heavy atom. The number of aromatic nitrogens is 1. The number of rotatable bonds is 7. The maximum absolute atomic E-state index is 14.4. The molecule has 2 fully saturated rings. The van der Waals surface area contributed by atoms with Crippen molar-refractivity contribution in [3.05, 3.63) is 89.0 Å². The summed E-state index contributed by atoms with van der Waals surface area (Å²) in [5.74, 6) is -0.691. The number of halogens is 1. The largest absolute Gasteiger partial charge is 0.306 e. The molecule has 2 saturated heterocycles. The van der Waals surface area contributed by atoms with Gasteiger partial charge in [0.15, 0.2) is 0 Å². The first-order chi connectivity index (χ1) is 19.2. The van der Waals surface area contributed by atoms with Crippen LogP contribution in [0, 0.1) is 24.1 Å². The Balaban J connectivity index is 1.38. The van der Waals surface area contributed by atoms with Gasteiger partial charge in [-0.15, -0.1) is 0 Å². The van der Waals surface area contributed by atoms with Gasteiger partial charge in [0.2, 0.25) is 15.9 Å². The van der Waals surface area contributed by atoms with E-state index in [2.05, 4.69) is 23.0 Å². The van der Waals surface area contributed by atoms with E-state index in [0.717, 1.165) is 36.3 Å². The van der Waals surface area contributed by atoms with E-state index in [1.807, 2.05) is 36.5 Å². The molecule has 0 saturated carbocycles. The average molecular weight is 562 g/mol. The van der Waals surface area contributed by atoms with Crippen LogP contribution in [0.3, 0.4) is 0 Å². The molecule has 0 spiro atoms. The normalized spacial score (nSPS) is 18.6. The topological polar surface area (TPSA) is 97.6 Å². The molecular formula is C30H32FN5O3S. The van der Waals surface area contributed by atoms with E-state index in [9.17, 15) is 22.9 Å². The maximum atomic E-state index is 14.4. The molecule has 40 heavy (non-hydrogen) atoms. The fraction of sp³-hybridized carbons (Fsp3) is 0.367. The van der Waals surface area contributed by atoms with Gasteiger partial charge in [0.05, 0.1) is 28.8 Å². The van der Waals surface area contributed by atoms with Crippen molar-refractivity contribution < 1.29 is 17.6 Å². The molecule has 5 rings (SSSR count). The number of pyridine rings is 1. The van der Waals surface area contributed by atoms with E-state index in [1.165, 1.54) is 18.6 Å². The van der Waals surface area contributed by atoms with Crippen molar-refractivity contribution in [2.75, 3.05) is 31.6 Å². The second-order valence-electron chi connectivity index (χ2n) is 10.5. The minimum absolute atomic E-state index is 0.0531. The van der Waals surface area contributed by atoms with Gasteiger partial charge in [-0.2, -0.15) is 9.57 Å². The van der Waals surface area contributed by atoms with E-state index in [-0.39, 0.29) is 35.0 Å². The molecular weight excluding hydrogens is 529 g/mol. The van der Waals surface area contributed by atoms with Crippen molar-refractivity contribution in [1.82, 2.24) is 14.2 Å². The summed E-state index contributed by atoms with van der Waals surface area (Å²) in [5.41, 5.74) is 2.55. The summed E-state index contributed by atoms with van der Waals surface area (Å²) in [5, 5.41) is 9.33. The second-order valence-corrected chi connectivity index (χ2v) is 12.4. The molecule has 0 unspecified atom stereocenters. The fourth-order valence-electron chi connectivity index (χ4n) is 5.31. The summed E-state index contributed by atoms with van der Waals surface area (Å²) in [6.07, 6.45) is 4.39. The number of likely N-dealkylation sites (tertiary alicyclic amines) is 1. The third-order valence-electron chi connectivity index (χ3n) is 7.99. The Kier molecular flexibility index (Phi) is 7.99. The first-order valence-corrected chi connectivity index (χ1v) is 14.8. The molecule has 208 valence electrons. The summed E-state index contributed by atoms with van der Waals surface area (Å²) in [4.78, 5) is 22.1. The maximum Gasteiger partial charge on any atom is 0.245 e. The summed E-state index contributed by atoms with van der Waals surface area (Å²) in [6, 6.07) is 16.1. The molecule has 0 radical (unpaired) electrons. The molecule has 2 aromatic carbocycles. The Hall–Kier alpha value is -3.65. The van der Waals surface area contributed by atoms with Crippen LogP contribution in [0.1, 0.15) is 47.6 Å². The average Bonchev–Trinajstić information content (AvgIpc) is 2.93. The zero-order valence-electron chi connectivity index (χ0n) is 22.6. The highest BCUT2D eigenvalue weighted by Gasteiger charge is 2.45. The van der Waals surface area contributed by atoms with Crippen molar-refractivity contribution in [3.8, 4) is 6.07 Å². The monoisotopic (exact) mass is 561 g/mol. The molecule has 1 aromatic heterocycles. The van der Waals surface area contributed by atoms with Gasteiger partial charge in [-0.1, -0.05) is 24.3 Å². The molecule has 3 aromatic rings. The van der Waals surface area contributed by atoms with Crippen LogP contribution in [0.4, 0.5) is 10.1 Å². The summed E-state index contributed by atoms with van der Waals surface area (Å²) < 4.78 is 42.4. The Bertz CT molecular complexity index is 1530. The first kappa shape index (κ1) is 27.9. The number of sulfonamides is 1. The van der Waals surface area contributed by atoms with Gasteiger partial charge < -0.3 is 9.80 Å². The Morgan fingerprint density at radius 1 is 1.10 bits per heavy atom. The lowest BCUT2D eigenvalue weighted by atomic mass is 9.90. The van der Waals surface area contributed by atoms with Crippen LogP contribution < -0.4 is 4.90 Å². The van der Waals surface area contributed by atoms with Crippen molar-refractivity contribution in [2.24, 2.45) is 0 Å². The van der Waals surface area contributed by atoms with Crippen molar-refractivity contribution in [2.45, 2.75) is 49.6 Å². The second kappa shape index (κ2) is 11.5. The quantitative estimate of drug-likeness (QED) is 0.429. The lowest BCUT2D eigenvalue weighted by Gasteiger charge is -2.41. The first-order valence-electron chi connectivity index (χ1n) is 13.4. The van der Waals surface area contributed by atoms with Gasteiger partial charge in [-0.25, -0.2) is 12.8 Å². The SMILES string of the molecule is Cc1c(F)cc(S(=O)(=O)N2CC[C@@H]2C(=O)N(Cc2ccc(C3CCN(C)CC3)cn2)c2ccccc2)cc1C#N. The smallest absolute Gasteiger partial charge is 0.245 e. The highest BCUT2D eigenvalue weighted by Crippen LogP contribution is 2.32. The van der Waals surface area contributed by atoms with Crippen molar-refractivity contribution in [3.63, 3.8) is 0 Å². The highest BCUT2D eigenvalue weighted by molar-refractivity contribution is 7.89. The third kappa shape index (κ3) is 5.50. The third-order valence-corrected chi connectivity index (χ3v) is 9.88. The number of nitrogens with zero attached hydrogens (tertiary/aromatic N) is 5. The van der Waals surface area contributed by atoms with Crippen LogP contribution in [0.5, 0.6) is 0 Å². The summed E-state index contributed by atoms with van der Waals surface area (Å²) >= 11 is 0. The minimum Gasteiger partial charge on any atom is -0.306 e. The highest BCUT2D eigenvalue weighted by atomic mass is 32.2. The molecule has 0 bridgehead atoms. The van der Waals surface area contributed by atoms with Crippen LogP contribution in [-0.2, 0) is 21.4 Å². The standard InChI is InChI=1S/C30H32FN5O3S/c1-21-24(18-32)16-27(17-28(21)31)40(38,39)36-15-12-29(36)30(37)35(26-6-4-3-5-7-26)20-25-9-8-23(19-33-25)22-10-13-34(2)14-11-22/h3-9,16-17,19,22,29H,10-15,20H2,1-2H3/t29-/m1/s1. The number of amides is 1. The number of hydrogen-bond donors (Lipinski definition) is 0. The van der Waals surface area contributed by atoms with Gasteiger partial charge >= 0.3 is 0 Å². The lowest BCUT2D eigenvalue weighted by Crippen LogP contribution is -2.59. The number of hydrogen-bond acceptors (Lipinski definition) is 6. The molecule has 0 aliphatic carbocycles. The van der Waals surface area contributed by atoms with E-state index in [1.54, 1.807) is 17.0 Å². The van der Waals surface area contributed by atoms with Crippen LogP contribution in [0.2, 0.25) is 0 Å².